The van der Waals surface area contributed by atoms with Crippen molar-refractivity contribution in [3.8, 4) is 0 Å². The predicted molar refractivity (Wildman–Crippen MR) is 56.6 cm³/mol. The number of carbonyl (C=O) groups is 2. The van der Waals surface area contributed by atoms with Crippen molar-refractivity contribution in [2.45, 2.75) is 18.7 Å². The Bertz CT molecular complexity index is 346. The number of carbonyl (C=O) groups excluding carboxylic acids is 2. The summed E-state index contributed by atoms with van der Waals surface area (Å²) in [4.78, 5) is 22.2. The third-order valence-electron chi connectivity index (χ3n) is 1.73. The van der Waals surface area contributed by atoms with Gasteiger partial charge in [0.25, 0.3) is 0 Å². The molecule has 1 rings (SSSR count). The van der Waals surface area contributed by atoms with Crippen LogP contribution in [0.2, 0.25) is 0 Å². The summed E-state index contributed by atoms with van der Waals surface area (Å²) in [5.41, 5.74) is 0.803. The minimum Gasteiger partial charge on any atom is -0.392 e. The molecule has 80 valence electrons. The first-order chi connectivity index (χ1) is 7.09. The molecule has 0 saturated carbocycles. The number of esters is 2. The van der Waals surface area contributed by atoms with Crippen LogP contribution in [-0.4, -0.2) is 17.3 Å². The molecule has 4 heteroatoms. The lowest BCUT2D eigenvalue weighted by atomic mass is 10.2. The Morgan fingerprint density at radius 3 is 2.47 bits per heavy atom. The SMILES string of the molecule is CC(Cl)C(=O)OC(=O)Cc1ccccc1. The quantitative estimate of drug-likeness (QED) is 0.449. The van der Waals surface area contributed by atoms with Crippen molar-refractivity contribution < 1.29 is 14.3 Å². The fourth-order valence-corrected chi connectivity index (χ4v) is 1.04. The normalized spacial score (nSPS) is 11.9. The van der Waals surface area contributed by atoms with Gasteiger partial charge in [-0.1, -0.05) is 30.3 Å². The maximum absolute atomic E-state index is 11.2. The highest BCUT2D eigenvalue weighted by molar-refractivity contribution is 6.30. The lowest BCUT2D eigenvalue weighted by Crippen LogP contribution is -2.20. The zero-order valence-electron chi connectivity index (χ0n) is 8.27. The van der Waals surface area contributed by atoms with Gasteiger partial charge in [0.15, 0.2) is 0 Å². The third-order valence-corrected chi connectivity index (χ3v) is 1.91. The average molecular weight is 227 g/mol. The number of rotatable bonds is 3. The molecule has 0 aliphatic rings. The number of hydrogen-bond donors (Lipinski definition) is 0. The molecule has 0 aromatic heterocycles. The smallest absolute Gasteiger partial charge is 0.331 e. The molecule has 0 spiro atoms. The molecule has 0 N–H and O–H groups in total. The van der Waals surface area contributed by atoms with E-state index < -0.39 is 17.3 Å². The molecule has 1 unspecified atom stereocenters. The van der Waals surface area contributed by atoms with E-state index in [-0.39, 0.29) is 6.42 Å². The molecular formula is C11H11ClO3. The number of alkyl halides is 1. The molecule has 0 bridgehead atoms. The first-order valence-electron chi connectivity index (χ1n) is 4.52. The minimum atomic E-state index is -0.801. The summed E-state index contributed by atoms with van der Waals surface area (Å²) in [5, 5.41) is -0.801. The van der Waals surface area contributed by atoms with E-state index in [4.69, 9.17) is 11.6 Å². The topological polar surface area (TPSA) is 43.4 Å². The number of hydrogen-bond acceptors (Lipinski definition) is 3. The van der Waals surface area contributed by atoms with Crippen LogP contribution in [0, 0.1) is 0 Å². The van der Waals surface area contributed by atoms with E-state index in [1.54, 1.807) is 12.1 Å². The lowest BCUT2D eigenvalue weighted by Gasteiger charge is -2.03. The van der Waals surface area contributed by atoms with Crippen LogP contribution in [0.25, 0.3) is 0 Å². The molecule has 0 fully saturated rings. The fourth-order valence-electron chi connectivity index (χ4n) is 0.992. The van der Waals surface area contributed by atoms with Gasteiger partial charge in [-0.05, 0) is 12.5 Å². The maximum atomic E-state index is 11.2. The monoisotopic (exact) mass is 226 g/mol. The number of halogens is 1. The van der Waals surface area contributed by atoms with Gasteiger partial charge in [0.2, 0.25) is 0 Å². The van der Waals surface area contributed by atoms with Gasteiger partial charge < -0.3 is 4.74 Å². The van der Waals surface area contributed by atoms with E-state index >= 15 is 0 Å². The van der Waals surface area contributed by atoms with Crippen LogP contribution in [0.5, 0.6) is 0 Å². The van der Waals surface area contributed by atoms with Gasteiger partial charge in [0.05, 0.1) is 6.42 Å². The molecule has 15 heavy (non-hydrogen) atoms. The Balaban J connectivity index is 2.47. The average Bonchev–Trinajstić information content (AvgIpc) is 2.18. The molecule has 1 atom stereocenters. The van der Waals surface area contributed by atoms with E-state index in [0.29, 0.717) is 0 Å². The summed E-state index contributed by atoms with van der Waals surface area (Å²) < 4.78 is 4.51. The van der Waals surface area contributed by atoms with E-state index in [1.807, 2.05) is 18.2 Å². The van der Waals surface area contributed by atoms with Gasteiger partial charge in [0.1, 0.15) is 5.38 Å². The first-order valence-corrected chi connectivity index (χ1v) is 4.95. The molecule has 0 saturated heterocycles. The van der Waals surface area contributed by atoms with Gasteiger partial charge in [-0.2, -0.15) is 0 Å². The molecule has 0 aliphatic heterocycles. The largest absolute Gasteiger partial charge is 0.392 e. The summed E-state index contributed by atoms with van der Waals surface area (Å²) >= 11 is 5.45. The second kappa shape index (κ2) is 5.51. The Kier molecular flexibility index (Phi) is 4.31. The predicted octanol–water partition coefficient (Wildman–Crippen LogP) is 1.93. The second-order valence-electron chi connectivity index (χ2n) is 3.07. The van der Waals surface area contributed by atoms with Crippen molar-refractivity contribution in [3.63, 3.8) is 0 Å². The highest BCUT2D eigenvalue weighted by Gasteiger charge is 2.15. The molecule has 0 aliphatic carbocycles. The maximum Gasteiger partial charge on any atom is 0.331 e. The second-order valence-corrected chi connectivity index (χ2v) is 3.73. The van der Waals surface area contributed by atoms with Crippen LogP contribution < -0.4 is 0 Å². The van der Waals surface area contributed by atoms with Crippen LogP contribution >= 0.6 is 11.6 Å². The van der Waals surface area contributed by atoms with E-state index in [9.17, 15) is 9.59 Å². The van der Waals surface area contributed by atoms with E-state index in [0.717, 1.165) is 5.56 Å². The summed E-state index contributed by atoms with van der Waals surface area (Å²) in [6, 6.07) is 9.05. The zero-order chi connectivity index (χ0) is 11.3. The van der Waals surface area contributed by atoms with Gasteiger partial charge in [-0.25, -0.2) is 4.79 Å². The van der Waals surface area contributed by atoms with Gasteiger partial charge in [-0.3, -0.25) is 4.79 Å². The molecule has 0 heterocycles. The zero-order valence-corrected chi connectivity index (χ0v) is 9.03. The van der Waals surface area contributed by atoms with Gasteiger partial charge >= 0.3 is 11.9 Å². The first kappa shape index (κ1) is 11.7. The van der Waals surface area contributed by atoms with Gasteiger partial charge in [0, 0.05) is 0 Å². The van der Waals surface area contributed by atoms with Crippen molar-refractivity contribution in [1.29, 1.82) is 0 Å². The third kappa shape index (κ3) is 4.13. The van der Waals surface area contributed by atoms with Crippen molar-refractivity contribution in [2.75, 3.05) is 0 Å². The molecule has 1 aromatic carbocycles. The molecule has 0 amide bonds. The van der Waals surface area contributed by atoms with Crippen LogP contribution in [0.15, 0.2) is 30.3 Å². The summed E-state index contributed by atoms with van der Waals surface area (Å²) in [6.07, 6.45) is 0.0796. The van der Waals surface area contributed by atoms with Crippen LogP contribution in [-0.2, 0) is 20.7 Å². The van der Waals surface area contributed by atoms with Crippen molar-refractivity contribution in [1.82, 2.24) is 0 Å². The minimum absolute atomic E-state index is 0.0796. The van der Waals surface area contributed by atoms with Crippen molar-refractivity contribution in [3.05, 3.63) is 35.9 Å². The Morgan fingerprint density at radius 2 is 1.93 bits per heavy atom. The molecule has 3 nitrogen and oxygen atoms in total. The summed E-state index contributed by atoms with van der Waals surface area (Å²) in [7, 11) is 0. The van der Waals surface area contributed by atoms with Crippen LogP contribution in [0.3, 0.4) is 0 Å². The number of ether oxygens (including phenoxy) is 1. The highest BCUT2D eigenvalue weighted by atomic mass is 35.5. The molecular weight excluding hydrogens is 216 g/mol. The number of benzene rings is 1. The Morgan fingerprint density at radius 1 is 1.33 bits per heavy atom. The Labute approximate surface area is 93.0 Å². The van der Waals surface area contributed by atoms with Crippen LogP contribution in [0.4, 0.5) is 0 Å². The van der Waals surface area contributed by atoms with E-state index in [1.165, 1.54) is 6.92 Å². The van der Waals surface area contributed by atoms with E-state index in [2.05, 4.69) is 4.74 Å². The highest BCUT2D eigenvalue weighted by Crippen LogP contribution is 2.03. The summed E-state index contributed by atoms with van der Waals surface area (Å²) in [6.45, 7) is 1.46. The standard InChI is InChI=1S/C11H11ClO3/c1-8(12)11(14)15-10(13)7-9-5-3-2-4-6-9/h2-6,8H,7H2,1H3. The Hall–Kier alpha value is -1.35. The van der Waals surface area contributed by atoms with Gasteiger partial charge in [-0.15, -0.1) is 11.6 Å². The molecule has 1 aromatic rings. The van der Waals surface area contributed by atoms with Crippen LogP contribution in [0.1, 0.15) is 12.5 Å². The van der Waals surface area contributed by atoms with Crippen molar-refractivity contribution in [2.24, 2.45) is 0 Å². The lowest BCUT2D eigenvalue weighted by molar-refractivity contribution is -0.158. The van der Waals surface area contributed by atoms with Crippen molar-refractivity contribution >= 4 is 23.5 Å². The fraction of sp³-hybridized carbons (Fsp3) is 0.273. The molecule has 0 radical (unpaired) electrons. The summed E-state index contributed by atoms with van der Waals surface area (Å²) in [5.74, 6) is -1.30.